The Labute approximate surface area is 123 Å². The second kappa shape index (κ2) is 5.72. The smallest absolute Gasteiger partial charge is 0.258 e. The summed E-state index contributed by atoms with van der Waals surface area (Å²) in [6, 6.07) is 9.50. The van der Waals surface area contributed by atoms with Gasteiger partial charge in [0.25, 0.3) is 5.91 Å². The Morgan fingerprint density at radius 2 is 2.00 bits per heavy atom. The molecule has 0 spiro atoms. The maximum atomic E-state index is 13.6. The van der Waals surface area contributed by atoms with E-state index < -0.39 is 11.7 Å². The molecule has 0 aliphatic heterocycles. The minimum absolute atomic E-state index is 0.0279. The summed E-state index contributed by atoms with van der Waals surface area (Å²) in [6.07, 6.45) is 0. The Hall–Kier alpha value is -1.39. The first kappa shape index (κ1) is 14.0. The van der Waals surface area contributed by atoms with Crippen molar-refractivity contribution in [1.82, 2.24) is 0 Å². The summed E-state index contributed by atoms with van der Waals surface area (Å²) in [5.74, 6) is -1.12. The van der Waals surface area contributed by atoms with Gasteiger partial charge in [0, 0.05) is 4.47 Å². The van der Waals surface area contributed by atoms with Crippen molar-refractivity contribution in [3.8, 4) is 0 Å². The Balaban J connectivity index is 2.25. The van der Waals surface area contributed by atoms with Crippen LogP contribution in [0.3, 0.4) is 0 Å². The number of hydrogen-bond donors (Lipinski definition) is 1. The summed E-state index contributed by atoms with van der Waals surface area (Å²) in [7, 11) is 0. The number of carbonyl (C=O) groups is 1. The minimum atomic E-state index is -0.588. The summed E-state index contributed by atoms with van der Waals surface area (Å²) < 4.78 is 14.2. The molecular weight excluding hydrogens is 333 g/mol. The maximum absolute atomic E-state index is 13.6. The first-order valence-electron chi connectivity index (χ1n) is 5.50. The highest BCUT2D eigenvalue weighted by atomic mass is 79.9. The molecule has 1 N–H and O–H groups in total. The Kier molecular flexibility index (Phi) is 4.22. The molecule has 0 bridgehead atoms. The molecule has 2 nitrogen and oxygen atoms in total. The molecule has 0 aliphatic carbocycles. The third-order valence-corrected chi connectivity index (χ3v) is 3.35. The molecular formula is C14H10BrClFNO. The predicted octanol–water partition coefficient (Wildman–Crippen LogP) is 4.80. The zero-order chi connectivity index (χ0) is 14.0. The van der Waals surface area contributed by atoms with Crippen molar-refractivity contribution in [2.24, 2.45) is 0 Å². The normalized spacial score (nSPS) is 10.3. The van der Waals surface area contributed by atoms with Gasteiger partial charge in [0.05, 0.1) is 16.3 Å². The van der Waals surface area contributed by atoms with Crippen molar-refractivity contribution in [2.45, 2.75) is 6.92 Å². The van der Waals surface area contributed by atoms with Crippen LogP contribution < -0.4 is 5.32 Å². The average Bonchev–Trinajstić information content (AvgIpc) is 2.32. The summed E-state index contributed by atoms with van der Waals surface area (Å²) in [5.41, 5.74) is 1.41. The fourth-order valence-corrected chi connectivity index (χ4v) is 2.20. The van der Waals surface area contributed by atoms with Crippen LogP contribution in [0.1, 0.15) is 15.9 Å². The van der Waals surface area contributed by atoms with Crippen molar-refractivity contribution in [3.05, 3.63) is 62.8 Å². The van der Waals surface area contributed by atoms with Crippen LogP contribution in [0.2, 0.25) is 5.02 Å². The van der Waals surface area contributed by atoms with Gasteiger partial charge in [-0.05, 0) is 42.8 Å². The van der Waals surface area contributed by atoms with E-state index in [9.17, 15) is 9.18 Å². The summed E-state index contributed by atoms with van der Waals surface area (Å²) in [4.78, 5) is 12.0. The minimum Gasteiger partial charge on any atom is -0.321 e. The number of aryl methyl sites for hydroxylation is 1. The summed E-state index contributed by atoms with van der Waals surface area (Å²) in [5, 5.41) is 3.01. The van der Waals surface area contributed by atoms with E-state index in [4.69, 9.17) is 11.6 Å². The number of rotatable bonds is 2. The van der Waals surface area contributed by atoms with Crippen molar-refractivity contribution < 1.29 is 9.18 Å². The van der Waals surface area contributed by atoms with Gasteiger partial charge in [-0.1, -0.05) is 33.6 Å². The van der Waals surface area contributed by atoms with Crippen LogP contribution in [0.5, 0.6) is 0 Å². The molecule has 0 radical (unpaired) electrons. The SMILES string of the molecule is Cc1ccc(NC(=O)c2ccc(Br)cc2F)c(Cl)c1. The van der Waals surface area contributed by atoms with E-state index >= 15 is 0 Å². The highest BCUT2D eigenvalue weighted by Gasteiger charge is 2.13. The van der Waals surface area contributed by atoms with E-state index in [1.165, 1.54) is 12.1 Å². The molecule has 1 amide bonds. The van der Waals surface area contributed by atoms with Gasteiger partial charge in [0.15, 0.2) is 0 Å². The van der Waals surface area contributed by atoms with Gasteiger partial charge in [0.2, 0.25) is 0 Å². The highest BCUT2D eigenvalue weighted by Crippen LogP contribution is 2.24. The zero-order valence-corrected chi connectivity index (χ0v) is 12.3. The van der Waals surface area contributed by atoms with Crippen LogP contribution in [0.4, 0.5) is 10.1 Å². The van der Waals surface area contributed by atoms with Crippen LogP contribution in [0, 0.1) is 12.7 Å². The maximum Gasteiger partial charge on any atom is 0.258 e. The Bertz CT molecular complexity index is 645. The van der Waals surface area contributed by atoms with E-state index in [1.54, 1.807) is 18.2 Å². The topological polar surface area (TPSA) is 29.1 Å². The Morgan fingerprint density at radius 1 is 1.26 bits per heavy atom. The van der Waals surface area contributed by atoms with Crippen molar-refractivity contribution in [3.63, 3.8) is 0 Å². The van der Waals surface area contributed by atoms with Crippen LogP contribution >= 0.6 is 27.5 Å². The molecule has 5 heteroatoms. The highest BCUT2D eigenvalue weighted by molar-refractivity contribution is 9.10. The molecule has 98 valence electrons. The average molecular weight is 343 g/mol. The van der Waals surface area contributed by atoms with Gasteiger partial charge < -0.3 is 5.32 Å². The van der Waals surface area contributed by atoms with Gasteiger partial charge in [0.1, 0.15) is 5.82 Å². The number of amides is 1. The lowest BCUT2D eigenvalue weighted by Crippen LogP contribution is -2.14. The number of halogens is 3. The van der Waals surface area contributed by atoms with Crippen LogP contribution in [-0.2, 0) is 0 Å². The number of carbonyl (C=O) groups excluding carboxylic acids is 1. The van der Waals surface area contributed by atoms with Crippen LogP contribution in [0.15, 0.2) is 40.9 Å². The molecule has 19 heavy (non-hydrogen) atoms. The van der Waals surface area contributed by atoms with Crippen LogP contribution in [-0.4, -0.2) is 5.91 Å². The first-order chi connectivity index (χ1) is 8.97. The molecule has 0 aromatic heterocycles. The van der Waals surface area contributed by atoms with Gasteiger partial charge >= 0.3 is 0 Å². The van der Waals surface area contributed by atoms with E-state index in [-0.39, 0.29) is 5.56 Å². The second-order valence-electron chi connectivity index (χ2n) is 4.06. The van der Waals surface area contributed by atoms with E-state index in [2.05, 4.69) is 21.2 Å². The first-order valence-corrected chi connectivity index (χ1v) is 6.67. The molecule has 0 atom stereocenters. The lowest BCUT2D eigenvalue weighted by Gasteiger charge is -2.08. The van der Waals surface area contributed by atoms with Gasteiger partial charge in [-0.3, -0.25) is 4.79 Å². The molecule has 0 aliphatic rings. The molecule has 2 rings (SSSR count). The summed E-state index contributed by atoms with van der Waals surface area (Å²) in [6.45, 7) is 1.89. The second-order valence-corrected chi connectivity index (χ2v) is 5.38. The van der Waals surface area contributed by atoms with Gasteiger partial charge in [-0.2, -0.15) is 0 Å². The van der Waals surface area contributed by atoms with Gasteiger partial charge in [-0.15, -0.1) is 0 Å². The van der Waals surface area contributed by atoms with Crippen LogP contribution in [0.25, 0.3) is 0 Å². The van der Waals surface area contributed by atoms with E-state index in [0.717, 1.165) is 5.56 Å². The fourth-order valence-electron chi connectivity index (χ4n) is 1.58. The lowest BCUT2D eigenvalue weighted by molar-refractivity contribution is 0.102. The molecule has 0 saturated heterocycles. The fraction of sp³-hybridized carbons (Fsp3) is 0.0714. The molecule has 0 fully saturated rings. The Morgan fingerprint density at radius 3 is 2.63 bits per heavy atom. The number of anilines is 1. The quantitative estimate of drug-likeness (QED) is 0.834. The van der Waals surface area contributed by atoms with E-state index in [1.807, 2.05) is 13.0 Å². The van der Waals surface area contributed by atoms with Crippen molar-refractivity contribution in [2.75, 3.05) is 5.32 Å². The van der Waals surface area contributed by atoms with Crippen molar-refractivity contribution in [1.29, 1.82) is 0 Å². The lowest BCUT2D eigenvalue weighted by atomic mass is 10.2. The third kappa shape index (κ3) is 3.33. The molecule has 0 heterocycles. The zero-order valence-electron chi connectivity index (χ0n) is 10.0. The molecule has 2 aromatic carbocycles. The number of benzene rings is 2. The summed E-state index contributed by atoms with van der Waals surface area (Å²) >= 11 is 9.15. The monoisotopic (exact) mass is 341 g/mol. The predicted molar refractivity (Wildman–Crippen MR) is 78.2 cm³/mol. The van der Waals surface area contributed by atoms with Crippen molar-refractivity contribution >= 4 is 39.1 Å². The molecule has 0 unspecified atom stereocenters. The third-order valence-electron chi connectivity index (χ3n) is 2.55. The number of nitrogens with one attached hydrogen (secondary N) is 1. The largest absolute Gasteiger partial charge is 0.321 e. The standard InChI is InChI=1S/C14H10BrClFNO/c1-8-2-5-13(11(16)6-8)18-14(19)10-4-3-9(15)7-12(10)17/h2-7H,1H3,(H,18,19). The molecule has 0 saturated carbocycles. The molecule has 2 aromatic rings. The van der Waals surface area contributed by atoms with E-state index in [0.29, 0.717) is 15.2 Å². The number of hydrogen-bond acceptors (Lipinski definition) is 1. The van der Waals surface area contributed by atoms with Gasteiger partial charge in [-0.25, -0.2) is 4.39 Å².